The van der Waals surface area contributed by atoms with Gasteiger partial charge in [-0.25, -0.2) is 0 Å². The van der Waals surface area contributed by atoms with Gasteiger partial charge in [-0.1, -0.05) is 42.5 Å². The molecule has 0 aliphatic rings. The molecule has 1 aromatic heterocycles. The number of nitrogens with one attached hydrogen (secondary N) is 1. The minimum absolute atomic E-state index is 0.248. The van der Waals surface area contributed by atoms with Crippen LogP contribution in [-0.2, 0) is 6.54 Å². The number of hydrogen-bond acceptors (Lipinski definition) is 4. The van der Waals surface area contributed by atoms with Gasteiger partial charge >= 0.3 is 0 Å². The number of nitrogens with zero attached hydrogens (tertiary/aromatic N) is 3. The number of hydrogen-bond donors (Lipinski definition) is 1. The van der Waals surface area contributed by atoms with Gasteiger partial charge in [-0.2, -0.15) is 5.26 Å². The molecule has 3 rings (SSSR count). The maximum atomic E-state index is 12.7. The second-order valence-electron chi connectivity index (χ2n) is 6.72. The van der Waals surface area contributed by atoms with Crippen molar-refractivity contribution in [1.82, 2.24) is 4.98 Å². The van der Waals surface area contributed by atoms with Crippen molar-refractivity contribution in [2.24, 2.45) is 0 Å². The molecule has 0 saturated heterocycles. The van der Waals surface area contributed by atoms with Crippen molar-refractivity contribution in [2.75, 3.05) is 10.2 Å². The van der Waals surface area contributed by atoms with Crippen LogP contribution >= 0.6 is 0 Å². The van der Waals surface area contributed by atoms with Crippen molar-refractivity contribution in [2.45, 2.75) is 26.4 Å². The number of anilines is 2. The van der Waals surface area contributed by atoms with E-state index in [1.165, 1.54) is 5.56 Å². The van der Waals surface area contributed by atoms with Crippen molar-refractivity contribution < 1.29 is 4.79 Å². The molecule has 0 atom stereocenters. The Balaban J connectivity index is 1.84. The lowest BCUT2D eigenvalue weighted by Crippen LogP contribution is -2.30. The largest absolute Gasteiger partial charge is 0.365 e. The summed E-state index contributed by atoms with van der Waals surface area (Å²) in [4.78, 5) is 19.1. The molecule has 0 spiro atoms. The lowest BCUT2D eigenvalue weighted by molar-refractivity contribution is 0.102. The van der Waals surface area contributed by atoms with Crippen LogP contribution in [0.2, 0.25) is 0 Å². The van der Waals surface area contributed by atoms with Crippen LogP contribution in [0.15, 0.2) is 72.9 Å². The highest BCUT2D eigenvalue weighted by Crippen LogP contribution is 2.21. The molecule has 5 heteroatoms. The van der Waals surface area contributed by atoms with E-state index < -0.39 is 0 Å². The molecule has 3 aromatic rings. The summed E-state index contributed by atoms with van der Waals surface area (Å²) in [6, 6.07) is 23.1. The molecule has 5 nitrogen and oxygen atoms in total. The van der Waals surface area contributed by atoms with Crippen LogP contribution in [0.5, 0.6) is 0 Å². The van der Waals surface area contributed by atoms with Gasteiger partial charge < -0.3 is 10.2 Å². The number of nitriles is 1. The number of pyridine rings is 1. The average Bonchev–Trinajstić information content (AvgIpc) is 2.73. The zero-order chi connectivity index (χ0) is 19.9. The standard InChI is InChI=1S/C23H22N4O/c1-17(2)27(16-18-8-4-3-5-9-18)20-12-13-25-22(14-20)23(28)26-21-11-7-6-10-19(21)15-24/h3-14,17H,16H2,1-2H3,(H,26,28). The zero-order valence-corrected chi connectivity index (χ0v) is 16.0. The Kier molecular flexibility index (Phi) is 6.03. The number of carbonyl (C=O) groups excluding carboxylic acids is 1. The predicted octanol–water partition coefficient (Wildman–Crippen LogP) is 4.62. The van der Waals surface area contributed by atoms with E-state index >= 15 is 0 Å². The van der Waals surface area contributed by atoms with Crippen LogP contribution in [0.4, 0.5) is 11.4 Å². The fourth-order valence-electron chi connectivity index (χ4n) is 2.95. The third-order valence-electron chi connectivity index (χ3n) is 4.42. The molecule has 0 aliphatic carbocycles. The van der Waals surface area contributed by atoms with E-state index in [0.29, 0.717) is 16.9 Å². The Morgan fingerprint density at radius 2 is 1.82 bits per heavy atom. The van der Waals surface area contributed by atoms with Gasteiger partial charge in [0.25, 0.3) is 5.91 Å². The van der Waals surface area contributed by atoms with Crippen molar-refractivity contribution in [1.29, 1.82) is 5.26 Å². The normalized spacial score (nSPS) is 10.4. The number of rotatable bonds is 6. The molecule has 140 valence electrons. The van der Waals surface area contributed by atoms with Gasteiger partial charge in [0.1, 0.15) is 11.8 Å². The smallest absolute Gasteiger partial charge is 0.274 e. The maximum absolute atomic E-state index is 12.7. The molecule has 2 aromatic carbocycles. The SMILES string of the molecule is CC(C)N(Cc1ccccc1)c1ccnc(C(=O)Nc2ccccc2C#N)c1. The molecule has 0 unspecified atom stereocenters. The van der Waals surface area contributed by atoms with Gasteiger partial charge in [0.05, 0.1) is 11.3 Å². The van der Waals surface area contributed by atoms with E-state index in [2.05, 4.69) is 47.3 Å². The minimum Gasteiger partial charge on any atom is -0.365 e. The number of para-hydroxylation sites is 1. The first-order chi connectivity index (χ1) is 13.6. The van der Waals surface area contributed by atoms with Crippen LogP contribution in [0.1, 0.15) is 35.5 Å². The second-order valence-corrected chi connectivity index (χ2v) is 6.72. The topological polar surface area (TPSA) is 69.0 Å². The van der Waals surface area contributed by atoms with E-state index in [1.807, 2.05) is 24.3 Å². The third-order valence-corrected chi connectivity index (χ3v) is 4.42. The summed E-state index contributed by atoms with van der Waals surface area (Å²) in [5.74, 6) is -0.340. The molecule has 0 bridgehead atoms. The average molecular weight is 370 g/mol. The van der Waals surface area contributed by atoms with Gasteiger partial charge in [0.2, 0.25) is 0 Å². The molecule has 0 radical (unpaired) electrons. The van der Waals surface area contributed by atoms with E-state index in [9.17, 15) is 10.1 Å². The van der Waals surface area contributed by atoms with Gasteiger partial charge in [0.15, 0.2) is 0 Å². The maximum Gasteiger partial charge on any atom is 0.274 e. The Morgan fingerprint density at radius 3 is 2.54 bits per heavy atom. The first-order valence-electron chi connectivity index (χ1n) is 9.15. The fraction of sp³-hybridized carbons (Fsp3) is 0.174. The molecule has 0 fully saturated rings. The first-order valence-corrected chi connectivity index (χ1v) is 9.15. The number of amides is 1. The third kappa shape index (κ3) is 4.54. The monoisotopic (exact) mass is 370 g/mol. The van der Waals surface area contributed by atoms with Crippen molar-refractivity contribution >= 4 is 17.3 Å². The van der Waals surface area contributed by atoms with Gasteiger partial charge in [-0.05, 0) is 43.7 Å². The molecular weight excluding hydrogens is 348 g/mol. The summed E-state index contributed by atoms with van der Waals surface area (Å²) in [6.07, 6.45) is 1.64. The van der Waals surface area contributed by atoms with Crippen molar-refractivity contribution in [3.05, 3.63) is 89.7 Å². The number of aromatic nitrogens is 1. The summed E-state index contributed by atoms with van der Waals surface area (Å²) >= 11 is 0. The summed E-state index contributed by atoms with van der Waals surface area (Å²) in [5.41, 5.74) is 3.32. The van der Waals surface area contributed by atoms with E-state index in [0.717, 1.165) is 12.2 Å². The predicted molar refractivity (Wildman–Crippen MR) is 111 cm³/mol. The van der Waals surface area contributed by atoms with E-state index in [-0.39, 0.29) is 11.9 Å². The Bertz CT molecular complexity index is 993. The molecule has 1 N–H and O–H groups in total. The van der Waals surface area contributed by atoms with Crippen LogP contribution in [-0.4, -0.2) is 16.9 Å². The van der Waals surface area contributed by atoms with Crippen LogP contribution in [0, 0.1) is 11.3 Å². The first kappa shape index (κ1) is 19.1. The van der Waals surface area contributed by atoms with E-state index in [1.54, 1.807) is 36.5 Å². The fourth-order valence-corrected chi connectivity index (χ4v) is 2.95. The Morgan fingerprint density at radius 1 is 1.11 bits per heavy atom. The summed E-state index contributed by atoms with van der Waals surface area (Å²) in [7, 11) is 0. The lowest BCUT2D eigenvalue weighted by atomic mass is 10.1. The highest BCUT2D eigenvalue weighted by molar-refractivity contribution is 6.04. The number of carbonyl (C=O) groups is 1. The quantitative estimate of drug-likeness (QED) is 0.687. The molecular formula is C23H22N4O. The number of benzene rings is 2. The van der Waals surface area contributed by atoms with Gasteiger partial charge in [-0.15, -0.1) is 0 Å². The van der Waals surface area contributed by atoms with Crippen LogP contribution in [0.3, 0.4) is 0 Å². The zero-order valence-electron chi connectivity index (χ0n) is 16.0. The van der Waals surface area contributed by atoms with Crippen LogP contribution in [0.25, 0.3) is 0 Å². The van der Waals surface area contributed by atoms with Gasteiger partial charge in [-0.3, -0.25) is 9.78 Å². The highest BCUT2D eigenvalue weighted by Gasteiger charge is 2.15. The molecule has 0 saturated carbocycles. The summed E-state index contributed by atoms with van der Waals surface area (Å²) in [6.45, 7) is 4.97. The van der Waals surface area contributed by atoms with Crippen molar-refractivity contribution in [3.63, 3.8) is 0 Å². The molecule has 28 heavy (non-hydrogen) atoms. The Hall–Kier alpha value is -3.65. The summed E-state index contributed by atoms with van der Waals surface area (Å²) in [5, 5.41) is 12.0. The highest BCUT2D eigenvalue weighted by atomic mass is 16.1. The molecule has 1 heterocycles. The van der Waals surface area contributed by atoms with Crippen LogP contribution < -0.4 is 10.2 Å². The minimum atomic E-state index is -0.340. The lowest BCUT2D eigenvalue weighted by Gasteiger charge is -2.29. The molecule has 0 aliphatic heterocycles. The van der Waals surface area contributed by atoms with Crippen molar-refractivity contribution in [3.8, 4) is 6.07 Å². The second kappa shape index (κ2) is 8.83. The summed E-state index contributed by atoms with van der Waals surface area (Å²) < 4.78 is 0. The molecule has 1 amide bonds. The Labute approximate surface area is 165 Å². The van der Waals surface area contributed by atoms with Gasteiger partial charge in [0, 0.05) is 24.5 Å². The van der Waals surface area contributed by atoms with E-state index in [4.69, 9.17) is 0 Å².